The van der Waals surface area contributed by atoms with Gasteiger partial charge in [0.1, 0.15) is 6.54 Å². The molecule has 2 rings (SSSR count). The van der Waals surface area contributed by atoms with Gasteiger partial charge in [0, 0.05) is 12.0 Å². The largest absolute Gasteiger partial charge is 0.466 e. The van der Waals surface area contributed by atoms with E-state index >= 15 is 0 Å². The summed E-state index contributed by atoms with van der Waals surface area (Å²) in [4.78, 5) is 16.1. The van der Waals surface area contributed by atoms with Crippen molar-refractivity contribution in [3.8, 4) is 0 Å². The zero-order chi connectivity index (χ0) is 11.5. The molecule has 1 aromatic rings. The summed E-state index contributed by atoms with van der Waals surface area (Å²) < 4.78 is 7.04. The van der Waals surface area contributed by atoms with E-state index in [1.54, 1.807) is 7.11 Å². The Morgan fingerprint density at radius 2 is 2.25 bits per heavy atom. The van der Waals surface area contributed by atoms with Crippen LogP contribution in [0, 0.1) is 6.92 Å². The highest BCUT2D eigenvalue weighted by atomic mass is 16.5. The second-order valence-electron chi connectivity index (χ2n) is 3.89. The van der Waals surface area contributed by atoms with E-state index in [-0.39, 0.29) is 5.78 Å². The summed E-state index contributed by atoms with van der Waals surface area (Å²) in [7, 11) is 1.59. The summed E-state index contributed by atoms with van der Waals surface area (Å²) in [6.07, 6.45) is 2.96. The topological polar surface area (TPSA) is 42.5 Å². The highest BCUT2D eigenvalue weighted by Gasteiger charge is 2.22. The highest BCUT2D eigenvalue weighted by Crippen LogP contribution is 2.15. The Morgan fingerprint density at radius 3 is 3.00 bits per heavy atom. The number of ketones is 1. The second-order valence-corrected chi connectivity index (χ2v) is 3.89. The fourth-order valence-electron chi connectivity index (χ4n) is 1.78. The van der Waals surface area contributed by atoms with Crippen LogP contribution in [0.5, 0.6) is 0 Å². The van der Waals surface area contributed by atoms with Gasteiger partial charge in [-0.2, -0.15) is 0 Å². The van der Waals surface area contributed by atoms with Crippen LogP contribution in [-0.2, 0) is 16.1 Å². The molecule has 84 valence electrons. The molecule has 0 saturated heterocycles. The van der Waals surface area contributed by atoms with Crippen molar-refractivity contribution < 1.29 is 14.1 Å². The summed E-state index contributed by atoms with van der Waals surface area (Å²) in [6, 6.07) is 3.91. The van der Waals surface area contributed by atoms with Gasteiger partial charge in [-0.1, -0.05) is 0 Å². The Morgan fingerprint density at radius 1 is 1.44 bits per heavy atom. The molecule has 1 aliphatic rings. The number of rotatable bonds is 0. The Bertz CT molecular complexity index is 452. The van der Waals surface area contributed by atoms with E-state index in [0.717, 1.165) is 11.4 Å². The monoisotopic (exact) mass is 219 g/mol. The van der Waals surface area contributed by atoms with E-state index in [9.17, 15) is 4.79 Å². The highest BCUT2D eigenvalue weighted by molar-refractivity contribution is 5.86. The van der Waals surface area contributed by atoms with E-state index in [4.69, 9.17) is 4.74 Å². The zero-order valence-electron chi connectivity index (χ0n) is 9.56. The maximum atomic E-state index is 11.6. The predicted molar refractivity (Wildman–Crippen MR) is 59.7 cm³/mol. The third kappa shape index (κ3) is 2.10. The first-order valence-electron chi connectivity index (χ1n) is 5.33. The number of pyridine rings is 1. The number of aryl methyl sites for hydroxylation is 1. The molecule has 16 heavy (non-hydrogen) atoms. The summed E-state index contributed by atoms with van der Waals surface area (Å²) in [5.74, 6) is 1.64. The van der Waals surface area contributed by atoms with Crippen molar-refractivity contribution in [2.75, 3.05) is 7.11 Å². The lowest BCUT2D eigenvalue weighted by atomic mass is 10.2. The van der Waals surface area contributed by atoms with Crippen molar-refractivity contribution in [3.05, 3.63) is 23.9 Å². The van der Waals surface area contributed by atoms with Crippen LogP contribution >= 0.6 is 0 Å². The number of nitrogens with zero attached hydrogens (tertiary/aromatic N) is 2. The fraction of sp³-hybridized carbons (Fsp3) is 0.417. The number of Topliss-reactive ketones (excluding diaryl/α,β-unsaturated/α-hetero) is 1. The van der Waals surface area contributed by atoms with Crippen molar-refractivity contribution in [1.82, 2.24) is 0 Å². The minimum atomic E-state index is 0.210. The lowest BCUT2D eigenvalue weighted by molar-refractivity contribution is -0.671. The summed E-state index contributed by atoms with van der Waals surface area (Å²) in [5.41, 5.74) is 1.05. The number of ether oxygens (including phenoxy) is 1. The van der Waals surface area contributed by atoms with Crippen LogP contribution in [0.1, 0.15) is 18.4 Å². The molecule has 1 aliphatic heterocycles. The first kappa shape index (κ1) is 10.8. The Balaban J connectivity index is 2.52. The third-order valence-electron chi connectivity index (χ3n) is 2.67. The van der Waals surface area contributed by atoms with E-state index in [1.165, 1.54) is 0 Å². The van der Waals surface area contributed by atoms with E-state index in [0.29, 0.717) is 25.3 Å². The molecule has 0 fully saturated rings. The van der Waals surface area contributed by atoms with Gasteiger partial charge in [0.25, 0.3) is 0 Å². The van der Waals surface area contributed by atoms with Crippen molar-refractivity contribution in [2.24, 2.45) is 4.99 Å². The number of carbonyl (C=O) groups is 1. The first-order valence-corrected chi connectivity index (χ1v) is 5.33. The van der Waals surface area contributed by atoms with Gasteiger partial charge in [-0.25, -0.2) is 4.57 Å². The number of hydrogen-bond acceptors (Lipinski definition) is 3. The van der Waals surface area contributed by atoms with E-state index in [2.05, 4.69) is 4.99 Å². The minimum Gasteiger partial charge on any atom is -0.466 e. The van der Waals surface area contributed by atoms with Crippen molar-refractivity contribution in [3.63, 3.8) is 0 Å². The van der Waals surface area contributed by atoms with Gasteiger partial charge in [0.2, 0.25) is 0 Å². The van der Waals surface area contributed by atoms with Crippen molar-refractivity contribution >= 4 is 17.5 Å². The molecule has 4 heteroatoms. The van der Waals surface area contributed by atoms with Gasteiger partial charge in [0.05, 0.1) is 19.7 Å². The van der Waals surface area contributed by atoms with Gasteiger partial charge >= 0.3 is 11.7 Å². The smallest absolute Gasteiger partial charge is 0.330 e. The number of hydrogen-bond donors (Lipinski definition) is 0. The molecular weight excluding hydrogens is 204 g/mol. The quantitative estimate of drug-likeness (QED) is 0.618. The molecule has 2 heterocycles. The number of aromatic nitrogens is 1. The molecule has 4 nitrogen and oxygen atoms in total. The molecule has 0 amide bonds. The van der Waals surface area contributed by atoms with Crippen LogP contribution in [0.2, 0.25) is 0 Å². The molecule has 0 N–H and O–H groups in total. The first-order chi connectivity index (χ1) is 7.70. The predicted octanol–water partition coefficient (Wildman–Crippen LogP) is 1.32. The van der Waals surface area contributed by atoms with Crippen molar-refractivity contribution in [1.29, 1.82) is 0 Å². The van der Waals surface area contributed by atoms with Gasteiger partial charge in [-0.3, -0.25) is 4.79 Å². The summed E-state index contributed by atoms with van der Waals surface area (Å²) in [6.45, 7) is 2.38. The number of methoxy groups -OCH3 is 1. The SMILES string of the molecule is COC1=Nc2c(C)ccc[n+]2CC(=O)CC1. The molecule has 0 bridgehead atoms. The third-order valence-corrected chi connectivity index (χ3v) is 2.67. The normalized spacial score (nSPS) is 15.9. The zero-order valence-corrected chi connectivity index (χ0v) is 9.56. The van der Waals surface area contributed by atoms with Gasteiger partial charge in [-0.15, -0.1) is 0 Å². The van der Waals surface area contributed by atoms with E-state index in [1.807, 2.05) is 29.8 Å². The van der Waals surface area contributed by atoms with Gasteiger partial charge in [0.15, 0.2) is 5.78 Å². The number of fused-ring (bicyclic) bond motifs is 1. The van der Waals surface area contributed by atoms with Crippen LogP contribution in [0.15, 0.2) is 23.3 Å². The molecule has 0 radical (unpaired) electrons. The summed E-state index contributed by atoms with van der Waals surface area (Å²) >= 11 is 0. The molecule has 0 spiro atoms. The van der Waals surface area contributed by atoms with Crippen LogP contribution in [0.3, 0.4) is 0 Å². The Labute approximate surface area is 94.6 Å². The average molecular weight is 219 g/mol. The average Bonchev–Trinajstić information content (AvgIpc) is 2.24. The molecule has 0 atom stereocenters. The molecule has 1 aromatic heterocycles. The lowest BCUT2D eigenvalue weighted by Crippen LogP contribution is -2.39. The summed E-state index contributed by atoms with van der Waals surface area (Å²) in [5, 5.41) is 0. The van der Waals surface area contributed by atoms with Crippen molar-refractivity contribution in [2.45, 2.75) is 26.3 Å². The number of carbonyl (C=O) groups excluding carboxylic acids is 1. The maximum Gasteiger partial charge on any atom is 0.330 e. The standard InChI is InChI=1S/C12H15N2O2/c1-9-4-3-7-14-8-10(15)5-6-11(16-2)13-12(9)14/h3-4,7H,5-6,8H2,1-2H3/q+1. The molecule has 0 saturated carbocycles. The minimum absolute atomic E-state index is 0.210. The van der Waals surface area contributed by atoms with Gasteiger partial charge in [-0.05, 0) is 24.0 Å². The van der Waals surface area contributed by atoms with Crippen LogP contribution < -0.4 is 4.57 Å². The van der Waals surface area contributed by atoms with Gasteiger partial charge < -0.3 is 4.74 Å². The second kappa shape index (κ2) is 4.43. The van der Waals surface area contributed by atoms with Crippen LogP contribution in [0.4, 0.5) is 5.82 Å². The molecular formula is C12H15N2O2+. The van der Waals surface area contributed by atoms with Crippen LogP contribution in [-0.4, -0.2) is 18.8 Å². The number of aliphatic imine (C=N–C) groups is 1. The maximum absolute atomic E-state index is 11.6. The molecule has 0 aliphatic carbocycles. The Hall–Kier alpha value is -1.71. The molecule has 0 unspecified atom stereocenters. The van der Waals surface area contributed by atoms with E-state index < -0.39 is 0 Å². The fourth-order valence-corrected chi connectivity index (χ4v) is 1.78. The van der Waals surface area contributed by atoms with Crippen LogP contribution in [0.25, 0.3) is 0 Å². The molecule has 0 aromatic carbocycles. The Kier molecular flexibility index (Phi) is 2.99. The lowest BCUT2D eigenvalue weighted by Gasteiger charge is -2.08.